The van der Waals surface area contributed by atoms with E-state index in [1.165, 1.54) is 6.07 Å². The van der Waals surface area contributed by atoms with E-state index in [0.29, 0.717) is 23.5 Å². The Hall–Kier alpha value is -2.28. The summed E-state index contributed by atoms with van der Waals surface area (Å²) in [6.07, 6.45) is 7.60. The van der Waals surface area contributed by atoms with Gasteiger partial charge in [0.05, 0.1) is 5.56 Å². The monoisotopic (exact) mass is 371 g/mol. The van der Waals surface area contributed by atoms with Gasteiger partial charge in [0.25, 0.3) is 0 Å². The highest BCUT2D eigenvalue weighted by atomic mass is 19.1. The molecular weight excluding hydrogens is 345 g/mol. The van der Waals surface area contributed by atoms with Gasteiger partial charge in [-0.1, -0.05) is 12.8 Å². The van der Waals surface area contributed by atoms with Crippen LogP contribution in [0, 0.1) is 11.7 Å². The standard InChI is InChI=1S/C20H26FN5O/c21-16-9-8-14(23-19(27)11-13-5-4-6-17(13)22)12-15(16)20-25-24-18-7-2-1-3-10-26(18)20/h8-9,12-13,17H,1-7,10-11,22H2,(H,23,27)/t13-,17+/m0/s1. The number of nitrogens with one attached hydrogen (secondary N) is 1. The Morgan fingerprint density at radius 2 is 2.11 bits per heavy atom. The molecule has 2 atom stereocenters. The van der Waals surface area contributed by atoms with Crippen molar-refractivity contribution in [2.45, 2.75) is 64.0 Å². The number of hydrogen-bond donors (Lipinski definition) is 2. The number of nitrogens with zero attached hydrogens (tertiary/aromatic N) is 3. The third-order valence-corrected chi connectivity index (χ3v) is 5.77. The van der Waals surface area contributed by atoms with Crippen molar-refractivity contribution in [1.82, 2.24) is 14.8 Å². The molecule has 0 unspecified atom stereocenters. The van der Waals surface area contributed by atoms with Gasteiger partial charge in [0, 0.05) is 31.1 Å². The number of amides is 1. The minimum Gasteiger partial charge on any atom is -0.327 e. The van der Waals surface area contributed by atoms with E-state index >= 15 is 0 Å². The highest BCUT2D eigenvalue weighted by Gasteiger charge is 2.26. The molecule has 0 radical (unpaired) electrons. The topological polar surface area (TPSA) is 85.8 Å². The second kappa shape index (κ2) is 7.76. The summed E-state index contributed by atoms with van der Waals surface area (Å²) < 4.78 is 16.5. The molecule has 2 heterocycles. The first-order valence-electron chi connectivity index (χ1n) is 9.89. The molecule has 1 fully saturated rings. The highest BCUT2D eigenvalue weighted by Crippen LogP contribution is 2.29. The summed E-state index contributed by atoms with van der Waals surface area (Å²) in [6.45, 7) is 0.799. The van der Waals surface area contributed by atoms with E-state index in [-0.39, 0.29) is 23.7 Å². The van der Waals surface area contributed by atoms with Gasteiger partial charge in [0.2, 0.25) is 5.91 Å². The first-order chi connectivity index (χ1) is 13.1. The van der Waals surface area contributed by atoms with Crippen molar-refractivity contribution in [2.24, 2.45) is 11.7 Å². The van der Waals surface area contributed by atoms with Gasteiger partial charge in [-0.3, -0.25) is 4.79 Å². The summed E-state index contributed by atoms with van der Waals surface area (Å²) >= 11 is 0. The van der Waals surface area contributed by atoms with Crippen molar-refractivity contribution in [3.8, 4) is 11.4 Å². The van der Waals surface area contributed by atoms with Gasteiger partial charge >= 0.3 is 0 Å². The van der Waals surface area contributed by atoms with Crippen molar-refractivity contribution >= 4 is 11.6 Å². The van der Waals surface area contributed by atoms with Gasteiger partial charge in [0.15, 0.2) is 5.82 Å². The maximum absolute atomic E-state index is 14.5. The van der Waals surface area contributed by atoms with Crippen LogP contribution in [0.4, 0.5) is 10.1 Å². The van der Waals surface area contributed by atoms with Crippen LogP contribution in [0.25, 0.3) is 11.4 Å². The third kappa shape index (κ3) is 3.88. The van der Waals surface area contributed by atoms with Crippen LogP contribution in [0.5, 0.6) is 0 Å². The van der Waals surface area contributed by atoms with Gasteiger partial charge in [-0.2, -0.15) is 0 Å². The number of rotatable bonds is 4. The summed E-state index contributed by atoms with van der Waals surface area (Å²) in [5.74, 6) is 1.25. The zero-order valence-electron chi connectivity index (χ0n) is 15.5. The Labute approximate surface area is 158 Å². The predicted octanol–water partition coefficient (Wildman–Crippen LogP) is 3.27. The van der Waals surface area contributed by atoms with E-state index in [0.717, 1.165) is 57.3 Å². The smallest absolute Gasteiger partial charge is 0.224 e. The normalized spacial score (nSPS) is 22.3. The van der Waals surface area contributed by atoms with Crippen LogP contribution in [0.3, 0.4) is 0 Å². The number of carbonyl (C=O) groups is 1. The van der Waals surface area contributed by atoms with Crippen molar-refractivity contribution in [1.29, 1.82) is 0 Å². The van der Waals surface area contributed by atoms with Crippen LogP contribution in [-0.4, -0.2) is 26.7 Å². The summed E-state index contributed by atoms with van der Waals surface area (Å²) in [5.41, 5.74) is 7.02. The molecule has 3 N–H and O–H groups in total. The molecule has 1 aromatic carbocycles. The number of carbonyl (C=O) groups excluding carboxylic acids is 1. The Bertz CT molecular complexity index is 834. The number of aryl methyl sites for hydroxylation is 1. The number of aromatic nitrogens is 3. The van der Waals surface area contributed by atoms with Gasteiger partial charge in [0.1, 0.15) is 11.6 Å². The van der Waals surface area contributed by atoms with Gasteiger partial charge in [-0.25, -0.2) is 4.39 Å². The Kier molecular flexibility index (Phi) is 5.20. The Balaban J connectivity index is 1.53. The highest BCUT2D eigenvalue weighted by molar-refractivity contribution is 5.91. The SMILES string of the molecule is N[C@@H]1CCC[C@H]1CC(=O)Nc1ccc(F)c(-c2nnc3n2CCCCC3)c1. The summed E-state index contributed by atoms with van der Waals surface area (Å²) in [7, 11) is 0. The van der Waals surface area contributed by atoms with Crippen LogP contribution in [0.2, 0.25) is 0 Å². The zero-order chi connectivity index (χ0) is 18.8. The predicted molar refractivity (Wildman–Crippen MR) is 102 cm³/mol. The average Bonchev–Trinajstić information content (AvgIpc) is 3.15. The molecule has 6 nitrogen and oxygen atoms in total. The van der Waals surface area contributed by atoms with E-state index in [4.69, 9.17) is 5.73 Å². The second-order valence-electron chi connectivity index (χ2n) is 7.70. The van der Waals surface area contributed by atoms with Crippen molar-refractivity contribution < 1.29 is 9.18 Å². The maximum atomic E-state index is 14.5. The van der Waals surface area contributed by atoms with Crippen LogP contribution in [-0.2, 0) is 17.8 Å². The number of halogens is 1. The van der Waals surface area contributed by atoms with Crippen molar-refractivity contribution in [3.05, 3.63) is 29.8 Å². The van der Waals surface area contributed by atoms with E-state index in [2.05, 4.69) is 15.5 Å². The van der Waals surface area contributed by atoms with Crippen molar-refractivity contribution in [2.75, 3.05) is 5.32 Å². The van der Waals surface area contributed by atoms with E-state index < -0.39 is 0 Å². The molecule has 1 aliphatic carbocycles. The lowest BCUT2D eigenvalue weighted by molar-refractivity contribution is -0.117. The number of nitrogens with two attached hydrogens (primary N) is 1. The van der Waals surface area contributed by atoms with Gasteiger partial charge < -0.3 is 15.6 Å². The molecular formula is C20H26FN5O. The molecule has 1 amide bonds. The Morgan fingerprint density at radius 3 is 2.93 bits per heavy atom. The minimum atomic E-state index is -0.356. The van der Waals surface area contributed by atoms with Crippen molar-refractivity contribution in [3.63, 3.8) is 0 Å². The molecule has 4 rings (SSSR count). The summed E-state index contributed by atoms with van der Waals surface area (Å²) in [4.78, 5) is 12.4. The fourth-order valence-electron chi connectivity index (χ4n) is 4.23. The summed E-state index contributed by atoms with van der Waals surface area (Å²) in [6, 6.07) is 4.73. The number of anilines is 1. The third-order valence-electron chi connectivity index (χ3n) is 5.77. The quantitative estimate of drug-likeness (QED) is 0.864. The molecule has 1 saturated carbocycles. The molecule has 2 aromatic rings. The molecule has 1 aliphatic heterocycles. The van der Waals surface area contributed by atoms with E-state index in [1.807, 2.05) is 4.57 Å². The molecule has 27 heavy (non-hydrogen) atoms. The zero-order valence-corrected chi connectivity index (χ0v) is 15.5. The Morgan fingerprint density at radius 1 is 1.22 bits per heavy atom. The maximum Gasteiger partial charge on any atom is 0.224 e. The molecule has 144 valence electrons. The molecule has 0 bridgehead atoms. The first kappa shape index (κ1) is 18.1. The fourth-order valence-corrected chi connectivity index (χ4v) is 4.23. The number of benzene rings is 1. The molecule has 1 aromatic heterocycles. The second-order valence-corrected chi connectivity index (χ2v) is 7.70. The number of fused-ring (bicyclic) bond motifs is 1. The largest absolute Gasteiger partial charge is 0.327 e. The molecule has 2 aliphatic rings. The lowest BCUT2D eigenvalue weighted by Gasteiger charge is -2.15. The van der Waals surface area contributed by atoms with E-state index in [9.17, 15) is 9.18 Å². The van der Waals surface area contributed by atoms with Crippen LogP contribution < -0.4 is 11.1 Å². The van der Waals surface area contributed by atoms with E-state index in [1.54, 1.807) is 12.1 Å². The minimum absolute atomic E-state index is 0.0741. The molecule has 0 saturated heterocycles. The van der Waals surface area contributed by atoms with Crippen LogP contribution in [0.15, 0.2) is 18.2 Å². The van der Waals surface area contributed by atoms with Crippen LogP contribution >= 0.6 is 0 Å². The van der Waals surface area contributed by atoms with Gasteiger partial charge in [-0.05, 0) is 49.8 Å². The summed E-state index contributed by atoms with van der Waals surface area (Å²) in [5, 5.41) is 11.4. The molecule has 7 heteroatoms. The van der Waals surface area contributed by atoms with Crippen LogP contribution in [0.1, 0.15) is 50.8 Å². The lowest BCUT2D eigenvalue weighted by atomic mass is 10.00. The lowest BCUT2D eigenvalue weighted by Crippen LogP contribution is -2.28. The number of hydrogen-bond acceptors (Lipinski definition) is 4. The first-order valence-corrected chi connectivity index (χ1v) is 9.89. The average molecular weight is 371 g/mol. The van der Waals surface area contributed by atoms with Gasteiger partial charge in [-0.15, -0.1) is 10.2 Å². The fraction of sp³-hybridized carbons (Fsp3) is 0.550. The molecule has 0 spiro atoms.